The van der Waals surface area contributed by atoms with Gasteiger partial charge in [0.05, 0.1) is 5.92 Å². The van der Waals surface area contributed by atoms with E-state index in [0.29, 0.717) is 25.4 Å². The zero-order valence-electron chi connectivity index (χ0n) is 9.16. The van der Waals surface area contributed by atoms with E-state index < -0.39 is 0 Å². The number of nitrogens with one attached hydrogen (secondary N) is 1. The lowest BCUT2D eigenvalue weighted by molar-refractivity contribution is -0.137. The minimum Gasteiger partial charge on any atom is -0.355 e. The van der Waals surface area contributed by atoms with Gasteiger partial charge in [0.1, 0.15) is 0 Å². The molecule has 1 N–H and O–H groups in total. The molecule has 15 heavy (non-hydrogen) atoms. The monoisotopic (exact) mass is 210 g/mol. The average Bonchev–Trinajstić information content (AvgIpc) is 2.65. The summed E-state index contributed by atoms with van der Waals surface area (Å²) in [5.74, 6) is 0.330. The van der Waals surface area contributed by atoms with Crippen LogP contribution in [0.15, 0.2) is 0 Å². The molecule has 84 valence electrons. The molecular weight excluding hydrogens is 192 g/mol. The van der Waals surface area contributed by atoms with Crippen LogP contribution < -0.4 is 5.32 Å². The highest BCUT2D eigenvalue weighted by Gasteiger charge is 2.32. The Morgan fingerprint density at radius 1 is 1.47 bits per heavy atom. The fourth-order valence-corrected chi connectivity index (χ4v) is 2.44. The Bertz CT molecular complexity index is 268. The first-order valence-corrected chi connectivity index (χ1v) is 5.75. The van der Waals surface area contributed by atoms with Crippen LogP contribution in [0.2, 0.25) is 0 Å². The van der Waals surface area contributed by atoms with Crippen LogP contribution in [0.3, 0.4) is 0 Å². The first-order chi connectivity index (χ1) is 7.18. The maximum absolute atomic E-state index is 12.1. The number of likely N-dealkylation sites (tertiary alicyclic amines) is 1. The lowest BCUT2D eigenvalue weighted by Gasteiger charge is -2.29. The Labute approximate surface area is 90.0 Å². The predicted octanol–water partition coefficient (Wildman–Crippen LogP) is 0.523. The molecule has 0 aromatic carbocycles. The standard InChI is InChI=1S/C11H18N2O2/c1-8-3-2-6-13(8)11(15)9-4-5-10(14)12-7-9/h8-9H,2-7H2,1H3,(H,12,14). The SMILES string of the molecule is CC1CCCN1C(=O)C1CCC(=O)NC1. The van der Waals surface area contributed by atoms with Crippen LogP contribution >= 0.6 is 0 Å². The highest BCUT2D eigenvalue weighted by atomic mass is 16.2. The minimum atomic E-state index is 0.0169. The van der Waals surface area contributed by atoms with Gasteiger partial charge in [-0.3, -0.25) is 9.59 Å². The lowest BCUT2D eigenvalue weighted by Crippen LogP contribution is -2.45. The van der Waals surface area contributed by atoms with Crippen LogP contribution in [0, 0.1) is 5.92 Å². The van der Waals surface area contributed by atoms with Gasteiger partial charge in [0.15, 0.2) is 0 Å². The largest absolute Gasteiger partial charge is 0.355 e. The van der Waals surface area contributed by atoms with Crippen molar-refractivity contribution < 1.29 is 9.59 Å². The Hall–Kier alpha value is -1.06. The second kappa shape index (κ2) is 4.21. The molecule has 2 amide bonds. The molecule has 2 atom stereocenters. The van der Waals surface area contributed by atoms with Crippen LogP contribution in [0.25, 0.3) is 0 Å². The van der Waals surface area contributed by atoms with E-state index in [9.17, 15) is 9.59 Å². The molecule has 2 aliphatic heterocycles. The molecule has 2 saturated heterocycles. The average molecular weight is 210 g/mol. The number of piperidine rings is 1. The zero-order valence-corrected chi connectivity index (χ0v) is 9.16. The van der Waals surface area contributed by atoms with Crippen molar-refractivity contribution in [3.05, 3.63) is 0 Å². The van der Waals surface area contributed by atoms with Crippen molar-refractivity contribution in [2.75, 3.05) is 13.1 Å². The van der Waals surface area contributed by atoms with Gasteiger partial charge in [-0.05, 0) is 26.2 Å². The third-order valence-corrected chi connectivity index (χ3v) is 3.45. The summed E-state index contributed by atoms with van der Waals surface area (Å²) in [5.41, 5.74) is 0. The van der Waals surface area contributed by atoms with E-state index in [4.69, 9.17) is 0 Å². The third-order valence-electron chi connectivity index (χ3n) is 3.45. The van der Waals surface area contributed by atoms with Gasteiger partial charge in [0, 0.05) is 25.6 Å². The molecule has 2 fully saturated rings. The molecular formula is C11H18N2O2. The third kappa shape index (κ3) is 2.13. The van der Waals surface area contributed by atoms with Crippen molar-refractivity contribution in [3.8, 4) is 0 Å². The number of carbonyl (C=O) groups is 2. The maximum atomic E-state index is 12.1. The fraction of sp³-hybridized carbons (Fsp3) is 0.818. The molecule has 0 radical (unpaired) electrons. The van der Waals surface area contributed by atoms with E-state index >= 15 is 0 Å². The summed E-state index contributed by atoms with van der Waals surface area (Å²) in [6.07, 6.45) is 3.45. The molecule has 0 aromatic heterocycles. The molecule has 0 bridgehead atoms. The zero-order chi connectivity index (χ0) is 10.8. The predicted molar refractivity (Wildman–Crippen MR) is 56.1 cm³/mol. The van der Waals surface area contributed by atoms with E-state index in [-0.39, 0.29) is 17.7 Å². The summed E-state index contributed by atoms with van der Waals surface area (Å²) in [5, 5.41) is 2.76. The van der Waals surface area contributed by atoms with Gasteiger partial charge in [0.25, 0.3) is 0 Å². The summed E-state index contributed by atoms with van der Waals surface area (Å²) in [4.78, 5) is 25.0. The minimum absolute atomic E-state index is 0.0169. The van der Waals surface area contributed by atoms with Crippen molar-refractivity contribution in [1.29, 1.82) is 0 Å². The van der Waals surface area contributed by atoms with Crippen molar-refractivity contribution in [3.63, 3.8) is 0 Å². The number of rotatable bonds is 1. The smallest absolute Gasteiger partial charge is 0.227 e. The highest BCUT2D eigenvalue weighted by Crippen LogP contribution is 2.22. The number of amides is 2. The molecule has 0 aromatic rings. The van der Waals surface area contributed by atoms with E-state index in [1.54, 1.807) is 0 Å². The molecule has 2 heterocycles. The molecule has 2 unspecified atom stereocenters. The van der Waals surface area contributed by atoms with Gasteiger partial charge in [-0.25, -0.2) is 0 Å². The summed E-state index contributed by atoms with van der Waals surface area (Å²) < 4.78 is 0. The van der Waals surface area contributed by atoms with Gasteiger partial charge in [-0.15, -0.1) is 0 Å². The number of nitrogens with zero attached hydrogens (tertiary/aromatic N) is 1. The topological polar surface area (TPSA) is 49.4 Å². The number of hydrogen-bond donors (Lipinski definition) is 1. The summed E-state index contributed by atoms with van der Waals surface area (Å²) in [6, 6.07) is 0.384. The summed E-state index contributed by atoms with van der Waals surface area (Å²) >= 11 is 0. The fourth-order valence-electron chi connectivity index (χ4n) is 2.44. The first kappa shape index (κ1) is 10.5. The number of carbonyl (C=O) groups excluding carboxylic acids is 2. The van der Waals surface area contributed by atoms with Crippen LogP contribution in [0.1, 0.15) is 32.6 Å². The van der Waals surface area contributed by atoms with E-state index in [1.165, 1.54) is 0 Å². The van der Waals surface area contributed by atoms with E-state index in [1.807, 2.05) is 4.90 Å². The molecule has 0 saturated carbocycles. The molecule has 4 heteroatoms. The molecule has 2 aliphatic rings. The Balaban J connectivity index is 1.93. The van der Waals surface area contributed by atoms with Gasteiger partial charge >= 0.3 is 0 Å². The van der Waals surface area contributed by atoms with Crippen LogP contribution in [0.5, 0.6) is 0 Å². The van der Waals surface area contributed by atoms with E-state index in [2.05, 4.69) is 12.2 Å². The van der Waals surface area contributed by atoms with Crippen LogP contribution in [0.4, 0.5) is 0 Å². The summed E-state index contributed by atoms with van der Waals surface area (Å²) in [7, 11) is 0. The van der Waals surface area contributed by atoms with Crippen molar-refractivity contribution in [2.24, 2.45) is 5.92 Å². The van der Waals surface area contributed by atoms with Gasteiger partial charge in [-0.1, -0.05) is 0 Å². The van der Waals surface area contributed by atoms with E-state index in [0.717, 1.165) is 19.4 Å². The van der Waals surface area contributed by atoms with Gasteiger partial charge < -0.3 is 10.2 Å². The molecule has 4 nitrogen and oxygen atoms in total. The van der Waals surface area contributed by atoms with Gasteiger partial charge in [0.2, 0.25) is 11.8 Å². The maximum Gasteiger partial charge on any atom is 0.227 e. The van der Waals surface area contributed by atoms with Crippen molar-refractivity contribution in [2.45, 2.75) is 38.6 Å². The molecule has 0 aliphatic carbocycles. The Morgan fingerprint density at radius 2 is 2.27 bits per heavy atom. The second-order valence-electron chi connectivity index (χ2n) is 4.56. The summed E-state index contributed by atoms with van der Waals surface area (Å²) in [6.45, 7) is 3.53. The normalized spacial score (nSPS) is 31.5. The van der Waals surface area contributed by atoms with Crippen molar-refractivity contribution >= 4 is 11.8 Å². The van der Waals surface area contributed by atoms with Crippen LogP contribution in [-0.4, -0.2) is 35.8 Å². The molecule has 2 rings (SSSR count). The van der Waals surface area contributed by atoms with Crippen LogP contribution in [-0.2, 0) is 9.59 Å². The lowest BCUT2D eigenvalue weighted by atomic mass is 9.97. The number of hydrogen-bond acceptors (Lipinski definition) is 2. The van der Waals surface area contributed by atoms with Gasteiger partial charge in [-0.2, -0.15) is 0 Å². The Morgan fingerprint density at radius 3 is 2.80 bits per heavy atom. The molecule has 0 spiro atoms. The first-order valence-electron chi connectivity index (χ1n) is 5.75. The second-order valence-corrected chi connectivity index (χ2v) is 4.56. The Kier molecular flexibility index (Phi) is 2.93. The quantitative estimate of drug-likeness (QED) is 0.686. The highest BCUT2D eigenvalue weighted by molar-refractivity contribution is 5.84. The van der Waals surface area contributed by atoms with Crippen molar-refractivity contribution in [1.82, 2.24) is 10.2 Å².